The Bertz CT molecular complexity index is 924. The average Bonchev–Trinajstić information content (AvgIpc) is 2.54. The van der Waals surface area contributed by atoms with Gasteiger partial charge in [0.2, 0.25) is 0 Å². The van der Waals surface area contributed by atoms with Crippen LogP contribution in [0.25, 0.3) is 0 Å². The summed E-state index contributed by atoms with van der Waals surface area (Å²) in [4.78, 5) is 21.8. The van der Waals surface area contributed by atoms with E-state index in [-0.39, 0.29) is 28.4 Å². The van der Waals surface area contributed by atoms with Crippen molar-refractivity contribution in [2.24, 2.45) is 0 Å². The van der Waals surface area contributed by atoms with Crippen molar-refractivity contribution in [3.63, 3.8) is 0 Å². The smallest absolute Gasteiger partial charge is 0.338 e. The Hall–Kier alpha value is -2.94. The quantitative estimate of drug-likeness (QED) is 0.479. The Morgan fingerprint density at radius 3 is 2.60 bits per heavy atom. The van der Waals surface area contributed by atoms with Gasteiger partial charge in [0.15, 0.2) is 0 Å². The van der Waals surface area contributed by atoms with Gasteiger partial charge in [0, 0.05) is 17.3 Å². The van der Waals surface area contributed by atoms with E-state index in [0.29, 0.717) is 5.56 Å². The van der Waals surface area contributed by atoms with Crippen LogP contribution >= 0.6 is 0 Å². The number of carbonyl (C=O) groups is 1. The molecule has 2 aromatic rings. The van der Waals surface area contributed by atoms with E-state index in [4.69, 9.17) is 4.74 Å². The summed E-state index contributed by atoms with van der Waals surface area (Å²) >= 11 is 0. The largest absolute Gasteiger partial charge is 0.462 e. The van der Waals surface area contributed by atoms with Gasteiger partial charge < -0.3 is 4.74 Å². The minimum Gasteiger partial charge on any atom is -0.462 e. The minimum absolute atomic E-state index is 0.147. The van der Waals surface area contributed by atoms with E-state index in [9.17, 15) is 23.3 Å². The zero-order valence-corrected chi connectivity index (χ0v) is 14.4. The maximum Gasteiger partial charge on any atom is 0.338 e. The van der Waals surface area contributed by atoms with E-state index in [0.717, 1.165) is 6.07 Å². The van der Waals surface area contributed by atoms with Gasteiger partial charge in [-0.25, -0.2) is 13.2 Å². The molecule has 0 spiro atoms. The molecule has 9 heteroatoms. The van der Waals surface area contributed by atoms with Crippen LogP contribution in [0.2, 0.25) is 0 Å². The van der Waals surface area contributed by atoms with Crippen LogP contribution in [-0.2, 0) is 14.8 Å². The lowest BCUT2D eigenvalue weighted by molar-refractivity contribution is -0.385. The standard InChI is InChI=1S/C16H16N2O6S/c1-3-24-16(19)12-5-4-6-13(9-12)17-25(22,23)14-8-7-11(2)15(10-14)18(20)21/h4-10,17H,3H2,1-2H3. The molecule has 0 fully saturated rings. The number of rotatable bonds is 6. The van der Waals surface area contributed by atoms with Crippen LogP contribution < -0.4 is 4.72 Å². The fourth-order valence-corrected chi connectivity index (χ4v) is 3.16. The molecule has 0 saturated heterocycles. The van der Waals surface area contributed by atoms with Crippen molar-refractivity contribution >= 4 is 27.4 Å². The molecule has 8 nitrogen and oxygen atoms in total. The first kappa shape index (κ1) is 18.4. The van der Waals surface area contributed by atoms with E-state index in [1.54, 1.807) is 6.92 Å². The third-order valence-corrected chi connectivity index (χ3v) is 4.69. The number of benzene rings is 2. The Kier molecular flexibility index (Phi) is 5.38. The van der Waals surface area contributed by atoms with E-state index in [1.807, 2.05) is 0 Å². The van der Waals surface area contributed by atoms with Crippen molar-refractivity contribution in [1.82, 2.24) is 0 Å². The summed E-state index contributed by atoms with van der Waals surface area (Å²) in [6.45, 7) is 3.38. The zero-order chi connectivity index (χ0) is 18.6. The molecule has 0 aliphatic heterocycles. The monoisotopic (exact) mass is 364 g/mol. The highest BCUT2D eigenvalue weighted by Gasteiger charge is 2.20. The van der Waals surface area contributed by atoms with Gasteiger partial charge in [-0.05, 0) is 38.1 Å². The Balaban J connectivity index is 2.33. The Labute approximate surface area is 144 Å². The SMILES string of the molecule is CCOC(=O)c1cccc(NS(=O)(=O)c2ccc(C)c([N+](=O)[O-])c2)c1. The fraction of sp³-hybridized carbons (Fsp3) is 0.188. The normalized spacial score (nSPS) is 11.0. The summed E-state index contributed by atoms with van der Waals surface area (Å²) in [6, 6.07) is 9.42. The highest BCUT2D eigenvalue weighted by atomic mass is 32.2. The van der Waals surface area contributed by atoms with Crippen molar-refractivity contribution in [3.05, 3.63) is 63.7 Å². The van der Waals surface area contributed by atoms with Crippen LogP contribution in [0.5, 0.6) is 0 Å². The number of nitro groups is 1. The number of aryl methyl sites for hydroxylation is 1. The maximum absolute atomic E-state index is 12.4. The highest BCUT2D eigenvalue weighted by molar-refractivity contribution is 7.92. The summed E-state index contributed by atoms with van der Waals surface area (Å²) in [5, 5.41) is 11.0. The molecule has 2 aromatic carbocycles. The summed E-state index contributed by atoms with van der Waals surface area (Å²) in [5.74, 6) is -0.575. The minimum atomic E-state index is -4.05. The lowest BCUT2D eigenvalue weighted by Crippen LogP contribution is -2.14. The summed E-state index contributed by atoms with van der Waals surface area (Å²) in [5.41, 5.74) is 0.405. The summed E-state index contributed by atoms with van der Waals surface area (Å²) in [7, 11) is -4.05. The van der Waals surface area contributed by atoms with Crippen LogP contribution in [0.4, 0.5) is 11.4 Å². The first-order valence-corrected chi connectivity index (χ1v) is 8.78. The van der Waals surface area contributed by atoms with E-state index < -0.39 is 20.9 Å². The Morgan fingerprint density at radius 2 is 1.96 bits per heavy atom. The van der Waals surface area contributed by atoms with E-state index in [1.165, 1.54) is 43.3 Å². The first-order chi connectivity index (χ1) is 11.7. The number of nitrogens with one attached hydrogen (secondary N) is 1. The topological polar surface area (TPSA) is 116 Å². The van der Waals surface area contributed by atoms with Crippen molar-refractivity contribution < 1.29 is 22.9 Å². The second-order valence-electron chi connectivity index (χ2n) is 5.11. The number of anilines is 1. The second-order valence-corrected chi connectivity index (χ2v) is 6.79. The number of ether oxygens (including phenoxy) is 1. The zero-order valence-electron chi connectivity index (χ0n) is 13.6. The van der Waals surface area contributed by atoms with Gasteiger partial charge in [0.25, 0.3) is 15.7 Å². The van der Waals surface area contributed by atoms with Gasteiger partial charge in [0.05, 0.1) is 22.0 Å². The molecule has 0 saturated carbocycles. The van der Waals surface area contributed by atoms with Crippen LogP contribution in [0.3, 0.4) is 0 Å². The molecule has 2 rings (SSSR count). The molecular formula is C16H16N2O6S. The molecule has 0 radical (unpaired) electrons. The molecule has 0 aliphatic carbocycles. The third kappa shape index (κ3) is 4.32. The Morgan fingerprint density at radius 1 is 1.24 bits per heavy atom. The molecule has 0 bridgehead atoms. The predicted octanol–water partition coefficient (Wildman–Crippen LogP) is 2.88. The molecule has 0 aromatic heterocycles. The number of nitrogens with zero attached hydrogens (tertiary/aromatic N) is 1. The summed E-state index contributed by atoms with van der Waals surface area (Å²) < 4.78 is 32.1. The molecule has 0 atom stereocenters. The third-order valence-electron chi connectivity index (χ3n) is 3.31. The van der Waals surface area contributed by atoms with Gasteiger partial charge in [-0.15, -0.1) is 0 Å². The molecule has 132 valence electrons. The molecule has 1 N–H and O–H groups in total. The number of nitro benzene ring substituents is 1. The van der Waals surface area contributed by atoms with Crippen molar-refractivity contribution in [3.8, 4) is 0 Å². The van der Waals surface area contributed by atoms with Crippen LogP contribution in [-0.4, -0.2) is 25.9 Å². The van der Waals surface area contributed by atoms with Crippen molar-refractivity contribution in [2.75, 3.05) is 11.3 Å². The van der Waals surface area contributed by atoms with Gasteiger partial charge in [-0.2, -0.15) is 0 Å². The molecular weight excluding hydrogens is 348 g/mol. The van der Waals surface area contributed by atoms with Crippen LogP contribution in [0, 0.1) is 17.0 Å². The van der Waals surface area contributed by atoms with Gasteiger partial charge in [0.1, 0.15) is 0 Å². The van der Waals surface area contributed by atoms with E-state index in [2.05, 4.69) is 4.72 Å². The molecule has 0 unspecified atom stereocenters. The molecule has 0 aliphatic rings. The first-order valence-electron chi connectivity index (χ1n) is 7.29. The van der Waals surface area contributed by atoms with Crippen LogP contribution in [0.1, 0.15) is 22.8 Å². The van der Waals surface area contributed by atoms with Gasteiger partial charge in [-0.1, -0.05) is 12.1 Å². The van der Waals surface area contributed by atoms with E-state index >= 15 is 0 Å². The summed E-state index contributed by atoms with van der Waals surface area (Å²) in [6.07, 6.45) is 0. The number of carbonyl (C=O) groups excluding carboxylic acids is 1. The number of hydrogen-bond donors (Lipinski definition) is 1. The fourth-order valence-electron chi connectivity index (χ4n) is 2.09. The molecule has 0 amide bonds. The average molecular weight is 364 g/mol. The predicted molar refractivity (Wildman–Crippen MR) is 91.0 cm³/mol. The van der Waals surface area contributed by atoms with Crippen LogP contribution in [0.15, 0.2) is 47.4 Å². The lowest BCUT2D eigenvalue weighted by atomic mass is 10.2. The number of sulfonamides is 1. The van der Waals surface area contributed by atoms with Crippen molar-refractivity contribution in [2.45, 2.75) is 18.7 Å². The number of esters is 1. The lowest BCUT2D eigenvalue weighted by Gasteiger charge is -2.10. The highest BCUT2D eigenvalue weighted by Crippen LogP contribution is 2.24. The second kappa shape index (κ2) is 7.31. The van der Waals surface area contributed by atoms with Gasteiger partial charge >= 0.3 is 5.97 Å². The number of hydrogen-bond acceptors (Lipinski definition) is 6. The molecule has 0 heterocycles. The molecule has 25 heavy (non-hydrogen) atoms. The van der Waals surface area contributed by atoms with Crippen molar-refractivity contribution in [1.29, 1.82) is 0 Å². The maximum atomic E-state index is 12.4. The van der Waals surface area contributed by atoms with Gasteiger partial charge in [-0.3, -0.25) is 14.8 Å².